The zero-order chi connectivity index (χ0) is 11.4. The number of hydrogen-bond donors (Lipinski definition) is 1. The lowest BCUT2D eigenvalue weighted by Crippen LogP contribution is -2.40. The van der Waals surface area contributed by atoms with E-state index in [4.69, 9.17) is 0 Å². The molecule has 2 aliphatic rings. The maximum atomic E-state index is 3.97. The van der Waals surface area contributed by atoms with Gasteiger partial charge in [-0.2, -0.15) is 0 Å². The van der Waals surface area contributed by atoms with Crippen molar-refractivity contribution in [2.45, 2.75) is 83.7 Å². The molecule has 0 aromatic heterocycles. The van der Waals surface area contributed by atoms with Crippen LogP contribution in [0.15, 0.2) is 0 Å². The van der Waals surface area contributed by atoms with E-state index in [2.05, 4.69) is 19.2 Å². The highest BCUT2D eigenvalue weighted by atomic mass is 15.0. The lowest BCUT2D eigenvalue weighted by molar-refractivity contribution is 0.308. The molecule has 16 heavy (non-hydrogen) atoms. The summed E-state index contributed by atoms with van der Waals surface area (Å²) in [4.78, 5) is 0. The zero-order valence-corrected chi connectivity index (χ0v) is 11.2. The minimum absolute atomic E-state index is 0.827. The highest BCUT2D eigenvalue weighted by molar-refractivity contribution is 4.88. The van der Waals surface area contributed by atoms with Gasteiger partial charge in [0.1, 0.15) is 0 Å². The minimum atomic E-state index is 0.827. The molecule has 0 aromatic rings. The maximum Gasteiger partial charge on any atom is 0.00980 e. The summed E-state index contributed by atoms with van der Waals surface area (Å²) >= 11 is 0. The van der Waals surface area contributed by atoms with E-state index in [0.29, 0.717) is 0 Å². The first-order valence-corrected chi connectivity index (χ1v) is 7.57. The van der Waals surface area contributed by atoms with Crippen LogP contribution in [0.5, 0.6) is 0 Å². The monoisotopic (exact) mass is 223 g/mol. The molecule has 0 saturated heterocycles. The predicted octanol–water partition coefficient (Wildman–Crippen LogP) is 4.12. The Morgan fingerprint density at radius 1 is 0.938 bits per heavy atom. The third kappa shape index (κ3) is 3.00. The van der Waals surface area contributed by atoms with Crippen molar-refractivity contribution in [3.05, 3.63) is 0 Å². The summed E-state index contributed by atoms with van der Waals surface area (Å²) in [5.41, 5.74) is 0. The summed E-state index contributed by atoms with van der Waals surface area (Å²) in [6, 6.07) is 1.67. The summed E-state index contributed by atoms with van der Waals surface area (Å²) in [6.07, 6.45) is 13.0. The molecule has 2 aliphatic carbocycles. The van der Waals surface area contributed by atoms with Gasteiger partial charge in [0, 0.05) is 12.1 Å². The largest absolute Gasteiger partial charge is 0.311 e. The van der Waals surface area contributed by atoms with Crippen LogP contribution in [-0.2, 0) is 0 Å². The average molecular weight is 223 g/mol. The van der Waals surface area contributed by atoms with Crippen LogP contribution in [0.25, 0.3) is 0 Å². The Morgan fingerprint density at radius 3 is 2.19 bits per heavy atom. The molecular weight excluding hydrogens is 194 g/mol. The number of nitrogens with one attached hydrogen (secondary N) is 1. The second-order valence-electron chi connectivity index (χ2n) is 6.07. The molecule has 2 fully saturated rings. The van der Waals surface area contributed by atoms with E-state index in [9.17, 15) is 0 Å². The summed E-state index contributed by atoms with van der Waals surface area (Å²) in [5.74, 6) is 1.90. The summed E-state index contributed by atoms with van der Waals surface area (Å²) in [5, 5.41) is 3.97. The van der Waals surface area contributed by atoms with Crippen molar-refractivity contribution >= 4 is 0 Å². The van der Waals surface area contributed by atoms with E-state index in [1.165, 1.54) is 57.8 Å². The molecule has 2 rings (SSSR count). The first-order valence-electron chi connectivity index (χ1n) is 7.57. The van der Waals surface area contributed by atoms with E-state index in [0.717, 1.165) is 23.9 Å². The third-order valence-electron chi connectivity index (χ3n) is 5.06. The van der Waals surface area contributed by atoms with Crippen LogP contribution in [0.2, 0.25) is 0 Å². The second kappa shape index (κ2) is 6.05. The molecule has 1 heteroatoms. The van der Waals surface area contributed by atoms with E-state index in [1.807, 2.05) is 0 Å². The SMILES string of the molecule is CCC1CCC(NC2CCCCCC2)C1C. The molecule has 1 nitrogen and oxygen atoms in total. The van der Waals surface area contributed by atoms with E-state index < -0.39 is 0 Å². The molecule has 0 spiro atoms. The Balaban J connectivity index is 1.80. The van der Waals surface area contributed by atoms with Gasteiger partial charge in [-0.25, -0.2) is 0 Å². The van der Waals surface area contributed by atoms with Gasteiger partial charge in [-0.15, -0.1) is 0 Å². The van der Waals surface area contributed by atoms with Crippen LogP contribution in [0.4, 0.5) is 0 Å². The van der Waals surface area contributed by atoms with Gasteiger partial charge in [-0.3, -0.25) is 0 Å². The van der Waals surface area contributed by atoms with Crippen molar-refractivity contribution in [3.63, 3.8) is 0 Å². The van der Waals surface area contributed by atoms with Crippen LogP contribution >= 0.6 is 0 Å². The van der Waals surface area contributed by atoms with Crippen LogP contribution in [-0.4, -0.2) is 12.1 Å². The topological polar surface area (TPSA) is 12.0 Å². The van der Waals surface area contributed by atoms with Crippen molar-refractivity contribution in [2.24, 2.45) is 11.8 Å². The van der Waals surface area contributed by atoms with Crippen LogP contribution in [0.1, 0.15) is 71.6 Å². The Bertz CT molecular complexity index is 194. The fraction of sp³-hybridized carbons (Fsp3) is 1.00. The van der Waals surface area contributed by atoms with Crippen molar-refractivity contribution in [1.82, 2.24) is 5.32 Å². The highest BCUT2D eigenvalue weighted by Gasteiger charge is 2.32. The fourth-order valence-electron chi connectivity index (χ4n) is 3.81. The summed E-state index contributed by atoms with van der Waals surface area (Å²) in [6.45, 7) is 4.82. The first-order chi connectivity index (χ1) is 7.81. The van der Waals surface area contributed by atoms with Crippen LogP contribution in [0, 0.1) is 11.8 Å². The summed E-state index contributed by atoms with van der Waals surface area (Å²) < 4.78 is 0. The molecule has 94 valence electrons. The van der Waals surface area contributed by atoms with Crippen molar-refractivity contribution in [1.29, 1.82) is 0 Å². The molecule has 0 amide bonds. The molecule has 0 bridgehead atoms. The lowest BCUT2D eigenvalue weighted by Gasteiger charge is -2.26. The van der Waals surface area contributed by atoms with E-state index >= 15 is 0 Å². The fourth-order valence-corrected chi connectivity index (χ4v) is 3.81. The molecule has 2 saturated carbocycles. The normalized spacial score (nSPS) is 37.5. The number of hydrogen-bond acceptors (Lipinski definition) is 1. The van der Waals surface area contributed by atoms with Gasteiger partial charge < -0.3 is 5.32 Å². The van der Waals surface area contributed by atoms with E-state index in [1.54, 1.807) is 0 Å². The Labute approximate surface area is 101 Å². The summed E-state index contributed by atoms with van der Waals surface area (Å²) in [7, 11) is 0. The van der Waals surface area contributed by atoms with Gasteiger partial charge in [0.25, 0.3) is 0 Å². The molecule has 1 N–H and O–H groups in total. The van der Waals surface area contributed by atoms with Crippen molar-refractivity contribution in [3.8, 4) is 0 Å². The smallest absolute Gasteiger partial charge is 0.00980 e. The zero-order valence-electron chi connectivity index (χ0n) is 11.2. The molecule has 0 radical (unpaired) electrons. The average Bonchev–Trinajstić information content (AvgIpc) is 2.52. The first kappa shape index (κ1) is 12.4. The molecule has 0 aliphatic heterocycles. The number of rotatable bonds is 3. The molecular formula is C15H29N. The van der Waals surface area contributed by atoms with Gasteiger partial charge in [-0.1, -0.05) is 46.0 Å². The van der Waals surface area contributed by atoms with Gasteiger partial charge in [0.05, 0.1) is 0 Å². The van der Waals surface area contributed by atoms with Crippen LogP contribution in [0.3, 0.4) is 0 Å². The van der Waals surface area contributed by atoms with Gasteiger partial charge in [0.15, 0.2) is 0 Å². The minimum Gasteiger partial charge on any atom is -0.311 e. The molecule has 3 unspecified atom stereocenters. The maximum absolute atomic E-state index is 3.97. The Morgan fingerprint density at radius 2 is 1.62 bits per heavy atom. The van der Waals surface area contributed by atoms with Crippen molar-refractivity contribution in [2.75, 3.05) is 0 Å². The standard InChI is InChI=1S/C15H29N/c1-3-13-10-11-15(12(13)2)16-14-8-6-4-5-7-9-14/h12-16H,3-11H2,1-2H3. The molecule has 0 aromatic carbocycles. The van der Waals surface area contributed by atoms with Gasteiger partial charge >= 0.3 is 0 Å². The second-order valence-corrected chi connectivity index (χ2v) is 6.07. The predicted molar refractivity (Wildman–Crippen MR) is 70.6 cm³/mol. The Hall–Kier alpha value is -0.0400. The van der Waals surface area contributed by atoms with Crippen LogP contribution < -0.4 is 5.32 Å². The van der Waals surface area contributed by atoms with Gasteiger partial charge in [-0.05, 0) is 37.5 Å². The van der Waals surface area contributed by atoms with Crippen molar-refractivity contribution < 1.29 is 0 Å². The third-order valence-corrected chi connectivity index (χ3v) is 5.06. The van der Waals surface area contributed by atoms with Gasteiger partial charge in [0.2, 0.25) is 0 Å². The highest BCUT2D eigenvalue weighted by Crippen LogP contribution is 2.34. The van der Waals surface area contributed by atoms with E-state index in [-0.39, 0.29) is 0 Å². The molecule has 0 heterocycles. The lowest BCUT2D eigenvalue weighted by atomic mass is 9.93. The molecule has 3 atom stereocenters. The Kier molecular flexibility index (Phi) is 4.69. The quantitative estimate of drug-likeness (QED) is 0.710.